The van der Waals surface area contributed by atoms with Crippen molar-refractivity contribution in [1.82, 2.24) is 14.6 Å². The highest BCUT2D eigenvalue weighted by Gasteiger charge is 2.12. The molecule has 0 radical (unpaired) electrons. The van der Waals surface area contributed by atoms with Gasteiger partial charge in [0.15, 0.2) is 11.3 Å². The summed E-state index contributed by atoms with van der Waals surface area (Å²) < 4.78 is 1.94. The van der Waals surface area contributed by atoms with Crippen LogP contribution in [0.5, 0.6) is 0 Å². The van der Waals surface area contributed by atoms with E-state index < -0.39 is 5.97 Å². The molecule has 14 heavy (non-hydrogen) atoms. The molecule has 5 nitrogen and oxygen atoms in total. The molecule has 2 heterocycles. The molecule has 0 aliphatic heterocycles. The van der Waals surface area contributed by atoms with Crippen LogP contribution in [0.25, 0.3) is 5.65 Å². The maximum absolute atomic E-state index is 10.7. The molecule has 0 saturated carbocycles. The Morgan fingerprint density at radius 2 is 2.36 bits per heavy atom. The minimum absolute atomic E-state index is 0.108. The van der Waals surface area contributed by atoms with Gasteiger partial charge in [-0.05, 0) is 15.9 Å². The number of carboxylic acids is 1. The largest absolute Gasteiger partial charge is 0.477 e. The standard InChI is InChI=1S/C7H3BrClN3O2/c8-3-2-10-12-5(9)1-4(7(13)14)11-6(3)12/h1-2H,(H,13,14). The van der Waals surface area contributed by atoms with Gasteiger partial charge in [0.25, 0.3) is 0 Å². The lowest BCUT2D eigenvalue weighted by Gasteiger charge is -1.98. The quantitative estimate of drug-likeness (QED) is 0.807. The zero-order valence-electron chi connectivity index (χ0n) is 6.61. The van der Waals surface area contributed by atoms with E-state index in [1.54, 1.807) is 0 Å². The molecule has 0 aliphatic carbocycles. The van der Waals surface area contributed by atoms with Crippen LogP contribution in [0.1, 0.15) is 10.5 Å². The number of aromatic nitrogens is 3. The second-order valence-electron chi connectivity index (χ2n) is 2.50. The normalized spacial score (nSPS) is 10.7. The van der Waals surface area contributed by atoms with Gasteiger partial charge in [0.05, 0.1) is 10.7 Å². The van der Waals surface area contributed by atoms with Gasteiger partial charge in [-0.3, -0.25) is 0 Å². The Bertz CT molecular complexity index is 525. The molecule has 1 N–H and O–H groups in total. The Morgan fingerprint density at radius 1 is 1.64 bits per heavy atom. The minimum atomic E-state index is -1.12. The monoisotopic (exact) mass is 275 g/mol. The predicted molar refractivity (Wildman–Crippen MR) is 52.7 cm³/mol. The van der Waals surface area contributed by atoms with Crippen molar-refractivity contribution in [3.8, 4) is 0 Å². The second kappa shape index (κ2) is 3.21. The van der Waals surface area contributed by atoms with Gasteiger partial charge in [-0.2, -0.15) is 5.10 Å². The molecule has 2 aromatic rings. The lowest BCUT2D eigenvalue weighted by Crippen LogP contribution is -2.03. The maximum Gasteiger partial charge on any atom is 0.354 e. The fraction of sp³-hybridized carbons (Fsp3) is 0. The molecule has 0 aliphatic rings. The molecule has 0 unspecified atom stereocenters. The van der Waals surface area contributed by atoms with Crippen molar-refractivity contribution in [3.63, 3.8) is 0 Å². The number of halogens is 2. The summed E-state index contributed by atoms with van der Waals surface area (Å²) in [6.45, 7) is 0. The van der Waals surface area contributed by atoms with Crippen LogP contribution in [-0.4, -0.2) is 25.7 Å². The van der Waals surface area contributed by atoms with Gasteiger partial charge >= 0.3 is 5.97 Å². The summed E-state index contributed by atoms with van der Waals surface area (Å²) in [5.41, 5.74) is 0.276. The van der Waals surface area contributed by atoms with E-state index in [0.29, 0.717) is 10.1 Å². The summed E-state index contributed by atoms with van der Waals surface area (Å²) in [4.78, 5) is 14.5. The molecule has 7 heteroatoms. The van der Waals surface area contributed by atoms with E-state index in [2.05, 4.69) is 26.0 Å². The summed E-state index contributed by atoms with van der Waals surface area (Å²) in [6, 6.07) is 1.25. The summed E-state index contributed by atoms with van der Waals surface area (Å²) in [7, 11) is 0. The lowest BCUT2D eigenvalue weighted by molar-refractivity contribution is 0.0690. The summed E-state index contributed by atoms with van der Waals surface area (Å²) in [6.07, 6.45) is 1.50. The van der Waals surface area contributed by atoms with Crippen LogP contribution < -0.4 is 0 Å². The van der Waals surface area contributed by atoms with Gasteiger partial charge < -0.3 is 5.11 Å². The first-order valence-corrected chi connectivity index (χ1v) is 4.70. The molecular weight excluding hydrogens is 273 g/mol. The zero-order chi connectivity index (χ0) is 10.3. The van der Waals surface area contributed by atoms with Crippen LogP contribution in [0, 0.1) is 0 Å². The van der Waals surface area contributed by atoms with Gasteiger partial charge in [0.1, 0.15) is 5.15 Å². The summed E-state index contributed by atoms with van der Waals surface area (Å²) in [5.74, 6) is -1.12. The molecule has 0 saturated heterocycles. The number of carbonyl (C=O) groups is 1. The average molecular weight is 276 g/mol. The average Bonchev–Trinajstić information content (AvgIpc) is 2.48. The third-order valence-corrected chi connectivity index (χ3v) is 2.43. The fourth-order valence-electron chi connectivity index (χ4n) is 1.01. The van der Waals surface area contributed by atoms with Crippen LogP contribution >= 0.6 is 27.5 Å². The minimum Gasteiger partial charge on any atom is -0.477 e. The molecule has 0 aromatic carbocycles. The third kappa shape index (κ3) is 1.36. The van der Waals surface area contributed by atoms with Crippen LogP contribution in [0.3, 0.4) is 0 Å². The third-order valence-electron chi connectivity index (χ3n) is 1.60. The van der Waals surface area contributed by atoms with Crippen LogP contribution in [0.4, 0.5) is 0 Å². The molecule has 72 valence electrons. The number of fused-ring (bicyclic) bond motifs is 1. The molecular formula is C7H3BrClN3O2. The number of aromatic carboxylic acids is 1. The van der Waals surface area contributed by atoms with Gasteiger partial charge in [0.2, 0.25) is 0 Å². The Kier molecular flexibility index (Phi) is 2.16. The van der Waals surface area contributed by atoms with Crippen molar-refractivity contribution in [2.75, 3.05) is 0 Å². The van der Waals surface area contributed by atoms with Crippen LogP contribution in [0.15, 0.2) is 16.7 Å². The molecule has 0 bridgehead atoms. The first-order chi connectivity index (χ1) is 6.59. The highest BCUT2D eigenvalue weighted by molar-refractivity contribution is 9.10. The van der Waals surface area contributed by atoms with Crippen molar-refractivity contribution in [2.45, 2.75) is 0 Å². The topological polar surface area (TPSA) is 67.5 Å². The van der Waals surface area contributed by atoms with E-state index in [-0.39, 0.29) is 10.8 Å². The smallest absolute Gasteiger partial charge is 0.354 e. The van der Waals surface area contributed by atoms with Gasteiger partial charge in [-0.1, -0.05) is 11.6 Å². The molecule has 0 spiro atoms. The summed E-state index contributed by atoms with van der Waals surface area (Å²) >= 11 is 8.98. The van der Waals surface area contributed by atoms with E-state index >= 15 is 0 Å². The van der Waals surface area contributed by atoms with Gasteiger partial charge in [0, 0.05) is 6.07 Å². The molecule has 0 fully saturated rings. The first kappa shape index (κ1) is 9.42. The maximum atomic E-state index is 10.7. The highest BCUT2D eigenvalue weighted by Crippen LogP contribution is 2.19. The van der Waals surface area contributed by atoms with Gasteiger partial charge in [-0.15, -0.1) is 0 Å². The lowest BCUT2D eigenvalue weighted by atomic mass is 10.4. The van der Waals surface area contributed by atoms with Crippen molar-refractivity contribution in [3.05, 3.63) is 27.6 Å². The highest BCUT2D eigenvalue weighted by atomic mass is 79.9. The van der Waals surface area contributed by atoms with Crippen molar-refractivity contribution >= 4 is 39.1 Å². The Morgan fingerprint density at radius 3 is 3.00 bits per heavy atom. The summed E-state index contributed by atoms with van der Waals surface area (Å²) in [5, 5.41) is 12.8. The second-order valence-corrected chi connectivity index (χ2v) is 3.74. The zero-order valence-corrected chi connectivity index (χ0v) is 8.95. The van der Waals surface area contributed by atoms with Crippen LogP contribution in [0.2, 0.25) is 5.15 Å². The fourth-order valence-corrected chi connectivity index (χ4v) is 1.58. The van der Waals surface area contributed by atoms with E-state index in [0.717, 1.165) is 0 Å². The Hall–Kier alpha value is -1.14. The number of hydrogen-bond donors (Lipinski definition) is 1. The van der Waals surface area contributed by atoms with Crippen molar-refractivity contribution in [2.24, 2.45) is 0 Å². The van der Waals surface area contributed by atoms with Crippen LogP contribution in [-0.2, 0) is 0 Å². The molecule has 2 rings (SSSR count). The Labute approximate surface area is 91.4 Å². The van der Waals surface area contributed by atoms with Crippen molar-refractivity contribution in [1.29, 1.82) is 0 Å². The van der Waals surface area contributed by atoms with E-state index in [4.69, 9.17) is 16.7 Å². The number of rotatable bonds is 1. The first-order valence-electron chi connectivity index (χ1n) is 3.52. The Balaban J connectivity index is 2.82. The predicted octanol–water partition coefficient (Wildman–Crippen LogP) is 1.84. The van der Waals surface area contributed by atoms with E-state index in [1.807, 2.05) is 0 Å². The number of hydrogen-bond acceptors (Lipinski definition) is 3. The van der Waals surface area contributed by atoms with Crippen molar-refractivity contribution < 1.29 is 9.90 Å². The van der Waals surface area contributed by atoms with E-state index in [9.17, 15) is 4.79 Å². The molecule has 0 atom stereocenters. The number of carboxylic acid groups (broad SMARTS) is 1. The molecule has 2 aromatic heterocycles. The SMILES string of the molecule is O=C(O)c1cc(Cl)n2ncc(Br)c2n1. The van der Waals surface area contributed by atoms with Gasteiger partial charge in [-0.25, -0.2) is 14.3 Å². The molecule has 0 amide bonds. The number of nitrogens with zero attached hydrogens (tertiary/aromatic N) is 3. The van der Waals surface area contributed by atoms with E-state index in [1.165, 1.54) is 16.8 Å².